The van der Waals surface area contributed by atoms with Crippen LogP contribution in [0.25, 0.3) is 0 Å². The van der Waals surface area contributed by atoms with E-state index in [1.54, 1.807) is 0 Å². The van der Waals surface area contributed by atoms with E-state index in [9.17, 15) is 0 Å². The molecule has 0 heterocycles. The molecule has 1 rings (SSSR count). The van der Waals surface area contributed by atoms with Crippen LogP contribution in [0.2, 0.25) is 0 Å². The van der Waals surface area contributed by atoms with Crippen LogP contribution >= 0.6 is 0 Å². The van der Waals surface area contributed by atoms with Crippen molar-refractivity contribution in [2.45, 2.75) is 26.3 Å². The summed E-state index contributed by atoms with van der Waals surface area (Å²) in [7, 11) is 0. The molecule has 0 aliphatic rings. The van der Waals surface area contributed by atoms with Crippen molar-refractivity contribution in [3.63, 3.8) is 0 Å². The quantitative estimate of drug-likeness (QED) is 0.726. The van der Waals surface area contributed by atoms with Crippen molar-refractivity contribution in [2.24, 2.45) is 0 Å². The van der Waals surface area contributed by atoms with E-state index in [1.165, 1.54) is 5.69 Å². The Bertz CT molecular complexity index is 298. The Morgan fingerprint density at radius 3 is 2.43 bits per heavy atom. The number of nitriles is 1. The predicted molar refractivity (Wildman–Crippen MR) is 59.2 cm³/mol. The van der Waals surface area contributed by atoms with E-state index in [1.807, 2.05) is 18.2 Å². The topological polar surface area (TPSA) is 27.0 Å². The van der Waals surface area contributed by atoms with E-state index in [4.69, 9.17) is 5.26 Å². The zero-order valence-electron chi connectivity index (χ0n) is 8.77. The fourth-order valence-corrected chi connectivity index (χ4v) is 1.48. The molecule has 0 spiro atoms. The summed E-state index contributed by atoms with van der Waals surface area (Å²) in [6.07, 6.45) is 0.576. The van der Waals surface area contributed by atoms with Gasteiger partial charge in [-0.05, 0) is 26.0 Å². The molecule has 0 saturated carbocycles. The first-order chi connectivity index (χ1) is 6.75. The maximum absolute atomic E-state index is 8.57. The highest BCUT2D eigenvalue weighted by Gasteiger charge is 2.08. The summed E-state index contributed by atoms with van der Waals surface area (Å²) in [6, 6.07) is 12.8. The average Bonchev–Trinajstić information content (AvgIpc) is 2.19. The van der Waals surface area contributed by atoms with Crippen LogP contribution < -0.4 is 4.90 Å². The first kappa shape index (κ1) is 10.6. The molecule has 2 heteroatoms. The summed E-state index contributed by atoms with van der Waals surface area (Å²) in [5.41, 5.74) is 1.19. The number of anilines is 1. The number of nitrogens with zero attached hydrogens (tertiary/aromatic N) is 2. The second kappa shape index (κ2) is 5.29. The highest BCUT2D eigenvalue weighted by Crippen LogP contribution is 2.16. The van der Waals surface area contributed by atoms with E-state index < -0.39 is 0 Å². The molecule has 0 saturated heterocycles. The van der Waals surface area contributed by atoms with Gasteiger partial charge in [-0.15, -0.1) is 0 Å². The Balaban J connectivity index is 2.74. The average molecular weight is 188 g/mol. The third-order valence-electron chi connectivity index (χ3n) is 2.18. The molecule has 74 valence electrons. The Morgan fingerprint density at radius 2 is 1.93 bits per heavy atom. The van der Waals surface area contributed by atoms with Crippen LogP contribution in [-0.4, -0.2) is 12.6 Å². The van der Waals surface area contributed by atoms with Crippen LogP contribution in [0.5, 0.6) is 0 Å². The van der Waals surface area contributed by atoms with Crippen molar-refractivity contribution in [1.82, 2.24) is 0 Å². The second-order valence-corrected chi connectivity index (χ2v) is 3.53. The van der Waals surface area contributed by atoms with Gasteiger partial charge >= 0.3 is 0 Å². The molecule has 0 N–H and O–H groups in total. The second-order valence-electron chi connectivity index (χ2n) is 3.53. The van der Waals surface area contributed by atoms with Crippen LogP contribution in [0.3, 0.4) is 0 Å². The molecule has 0 unspecified atom stereocenters. The highest BCUT2D eigenvalue weighted by molar-refractivity contribution is 5.46. The molecule has 2 nitrogen and oxygen atoms in total. The zero-order chi connectivity index (χ0) is 10.4. The maximum Gasteiger partial charge on any atom is 0.0640 e. The third-order valence-corrected chi connectivity index (χ3v) is 2.18. The molecular weight excluding hydrogens is 172 g/mol. The normalized spacial score (nSPS) is 9.86. The molecule has 14 heavy (non-hydrogen) atoms. The van der Waals surface area contributed by atoms with Crippen molar-refractivity contribution < 1.29 is 0 Å². The van der Waals surface area contributed by atoms with E-state index in [2.05, 4.69) is 36.9 Å². The van der Waals surface area contributed by atoms with E-state index in [0.29, 0.717) is 12.5 Å². The van der Waals surface area contributed by atoms with Crippen molar-refractivity contribution in [2.75, 3.05) is 11.4 Å². The molecule has 1 aromatic carbocycles. The fourth-order valence-electron chi connectivity index (χ4n) is 1.48. The fraction of sp³-hybridized carbons (Fsp3) is 0.417. The highest BCUT2D eigenvalue weighted by atomic mass is 15.1. The van der Waals surface area contributed by atoms with Gasteiger partial charge in [-0.25, -0.2) is 0 Å². The summed E-state index contributed by atoms with van der Waals surface area (Å²) in [6.45, 7) is 5.09. The molecule has 0 fully saturated rings. The lowest BCUT2D eigenvalue weighted by Crippen LogP contribution is -2.31. The zero-order valence-corrected chi connectivity index (χ0v) is 8.77. The van der Waals surface area contributed by atoms with Gasteiger partial charge in [-0.1, -0.05) is 18.2 Å². The van der Waals surface area contributed by atoms with E-state index >= 15 is 0 Å². The lowest BCUT2D eigenvalue weighted by Gasteiger charge is -2.28. The summed E-state index contributed by atoms with van der Waals surface area (Å²) < 4.78 is 0. The number of para-hydroxylation sites is 1. The third kappa shape index (κ3) is 2.77. The number of hydrogen-bond acceptors (Lipinski definition) is 2. The van der Waals surface area contributed by atoms with Crippen LogP contribution in [0, 0.1) is 11.3 Å². The van der Waals surface area contributed by atoms with Crippen LogP contribution in [-0.2, 0) is 0 Å². The van der Waals surface area contributed by atoms with E-state index in [0.717, 1.165) is 6.54 Å². The van der Waals surface area contributed by atoms with Crippen LogP contribution in [0.4, 0.5) is 5.69 Å². The first-order valence-corrected chi connectivity index (χ1v) is 4.94. The van der Waals surface area contributed by atoms with Crippen molar-refractivity contribution >= 4 is 5.69 Å². The molecule has 0 aromatic heterocycles. The number of hydrogen-bond donors (Lipinski definition) is 0. The van der Waals surface area contributed by atoms with Gasteiger partial charge in [0.25, 0.3) is 0 Å². The van der Waals surface area contributed by atoms with Crippen molar-refractivity contribution in [3.8, 4) is 6.07 Å². The van der Waals surface area contributed by atoms with Crippen LogP contribution in [0.15, 0.2) is 30.3 Å². The SMILES string of the molecule is CC(C)N(CCC#N)c1ccccc1. The van der Waals surface area contributed by atoms with Gasteiger partial charge in [0.1, 0.15) is 0 Å². The monoisotopic (exact) mass is 188 g/mol. The minimum Gasteiger partial charge on any atom is -0.368 e. The van der Waals surface area contributed by atoms with Gasteiger partial charge in [-0.3, -0.25) is 0 Å². The summed E-state index contributed by atoms with van der Waals surface area (Å²) >= 11 is 0. The van der Waals surface area contributed by atoms with E-state index in [-0.39, 0.29) is 0 Å². The first-order valence-electron chi connectivity index (χ1n) is 4.94. The largest absolute Gasteiger partial charge is 0.368 e. The molecular formula is C12H16N2. The number of rotatable bonds is 4. The Kier molecular flexibility index (Phi) is 4.00. The maximum atomic E-state index is 8.57. The van der Waals surface area contributed by atoms with Crippen molar-refractivity contribution in [1.29, 1.82) is 5.26 Å². The summed E-state index contributed by atoms with van der Waals surface area (Å²) in [4.78, 5) is 2.24. The minimum absolute atomic E-state index is 0.436. The van der Waals surface area contributed by atoms with Gasteiger partial charge in [0.2, 0.25) is 0 Å². The summed E-state index contributed by atoms with van der Waals surface area (Å²) in [5, 5.41) is 8.57. The Hall–Kier alpha value is -1.49. The lowest BCUT2D eigenvalue weighted by atomic mass is 10.2. The van der Waals surface area contributed by atoms with Gasteiger partial charge < -0.3 is 4.90 Å². The standard InChI is InChI=1S/C12H16N2/c1-11(2)14(10-6-9-13)12-7-4-3-5-8-12/h3-5,7-8,11H,6,10H2,1-2H3. The van der Waals surface area contributed by atoms with Gasteiger partial charge in [0, 0.05) is 18.3 Å². The molecule has 0 aliphatic heterocycles. The smallest absolute Gasteiger partial charge is 0.0640 e. The molecule has 0 bridgehead atoms. The minimum atomic E-state index is 0.436. The van der Waals surface area contributed by atoms with Gasteiger partial charge in [0.05, 0.1) is 12.5 Å². The molecule has 0 amide bonds. The number of benzene rings is 1. The molecule has 0 radical (unpaired) electrons. The van der Waals surface area contributed by atoms with Crippen LogP contribution in [0.1, 0.15) is 20.3 Å². The molecule has 1 aromatic rings. The van der Waals surface area contributed by atoms with Gasteiger partial charge in [0.15, 0.2) is 0 Å². The summed E-state index contributed by atoms with van der Waals surface area (Å²) in [5.74, 6) is 0. The molecule has 0 aliphatic carbocycles. The van der Waals surface area contributed by atoms with Gasteiger partial charge in [-0.2, -0.15) is 5.26 Å². The predicted octanol–water partition coefficient (Wildman–Crippen LogP) is 2.82. The van der Waals surface area contributed by atoms with Crippen molar-refractivity contribution in [3.05, 3.63) is 30.3 Å². The Morgan fingerprint density at radius 1 is 1.29 bits per heavy atom. The Labute approximate surface area is 85.8 Å². The lowest BCUT2D eigenvalue weighted by molar-refractivity contribution is 0.687. The molecule has 0 atom stereocenters.